The van der Waals surface area contributed by atoms with E-state index >= 15 is 0 Å². The normalized spacial score (nSPS) is 24.8. The van der Waals surface area contributed by atoms with Crippen LogP contribution in [0.5, 0.6) is 0 Å². The Morgan fingerprint density at radius 2 is 2.25 bits per heavy atom. The molecule has 2 atom stereocenters. The number of methoxy groups -OCH3 is 1. The lowest BCUT2D eigenvalue weighted by molar-refractivity contribution is -0.124. The molecule has 0 aliphatic carbocycles. The molecule has 1 aromatic heterocycles. The lowest BCUT2D eigenvalue weighted by atomic mass is 10.1. The van der Waals surface area contributed by atoms with Gasteiger partial charge in [-0.15, -0.1) is 0 Å². The van der Waals surface area contributed by atoms with Crippen LogP contribution in [0.25, 0.3) is 0 Å². The van der Waals surface area contributed by atoms with Gasteiger partial charge in [-0.25, -0.2) is 13.4 Å². The van der Waals surface area contributed by atoms with Crippen LogP contribution in [0.4, 0.5) is 0 Å². The van der Waals surface area contributed by atoms with Gasteiger partial charge in [0.1, 0.15) is 11.9 Å². The van der Waals surface area contributed by atoms with E-state index in [-0.39, 0.29) is 18.6 Å². The fourth-order valence-corrected chi connectivity index (χ4v) is 4.54. The molecule has 2 aliphatic rings. The van der Waals surface area contributed by atoms with Gasteiger partial charge < -0.3 is 14.6 Å². The number of ether oxygens (including phenoxy) is 1. The van der Waals surface area contributed by atoms with Gasteiger partial charge in [-0.1, -0.05) is 0 Å². The molecule has 24 heavy (non-hydrogen) atoms. The zero-order valence-electron chi connectivity index (χ0n) is 14.1. The molecule has 1 aromatic rings. The number of aryl methyl sites for hydroxylation is 1. The SMILES string of the molecule is CO[C@H]1C[C@H](C(=O)NCc2cnc3n2CCCC3)N(S(C)(=O)=O)C1. The number of nitrogens with zero attached hydrogens (tertiary/aromatic N) is 3. The molecular formula is C15H24N4O4S. The Labute approximate surface area is 142 Å². The van der Waals surface area contributed by atoms with E-state index in [0.717, 1.165) is 43.6 Å². The molecule has 0 unspecified atom stereocenters. The monoisotopic (exact) mass is 356 g/mol. The molecule has 0 aromatic carbocycles. The first-order chi connectivity index (χ1) is 11.4. The Balaban J connectivity index is 1.67. The summed E-state index contributed by atoms with van der Waals surface area (Å²) in [5.74, 6) is 0.773. The highest BCUT2D eigenvalue weighted by atomic mass is 32.2. The Morgan fingerprint density at radius 1 is 1.46 bits per heavy atom. The standard InChI is InChI=1S/C15H24N4O4S/c1-23-12-7-13(19(10-12)24(2,21)22)15(20)17-9-11-8-16-14-5-3-4-6-18(11)14/h8,12-13H,3-7,9-10H2,1-2H3,(H,17,20)/t12-,13+/m0/s1. The van der Waals surface area contributed by atoms with Gasteiger partial charge in [-0.2, -0.15) is 4.31 Å². The van der Waals surface area contributed by atoms with Crippen LogP contribution in [0.3, 0.4) is 0 Å². The van der Waals surface area contributed by atoms with E-state index in [2.05, 4.69) is 14.9 Å². The number of imidazole rings is 1. The fourth-order valence-electron chi connectivity index (χ4n) is 3.46. The molecule has 2 aliphatic heterocycles. The van der Waals surface area contributed by atoms with Crippen LogP contribution in [-0.2, 0) is 39.1 Å². The predicted octanol–water partition coefficient (Wildman–Crippen LogP) is -0.115. The van der Waals surface area contributed by atoms with Gasteiger partial charge in [-0.05, 0) is 12.8 Å². The van der Waals surface area contributed by atoms with Crippen molar-refractivity contribution in [3.8, 4) is 0 Å². The van der Waals surface area contributed by atoms with Crippen LogP contribution < -0.4 is 5.32 Å². The minimum Gasteiger partial charge on any atom is -0.380 e. The molecule has 0 spiro atoms. The third-order valence-electron chi connectivity index (χ3n) is 4.78. The maximum absolute atomic E-state index is 12.5. The Kier molecular flexibility index (Phi) is 4.93. The topological polar surface area (TPSA) is 93.5 Å². The van der Waals surface area contributed by atoms with E-state index in [4.69, 9.17) is 4.74 Å². The predicted molar refractivity (Wildman–Crippen MR) is 87.8 cm³/mol. The minimum absolute atomic E-state index is 0.218. The quantitative estimate of drug-likeness (QED) is 0.794. The van der Waals surface area contributed by atoms with Gasteiger partial charge in [0.2, 0.25) is 15.9 Å². The molecule has 9 heteroatoms. The molecule has 3 rings (SSSR count). The van der Waals surface area contributed by atoms with Gasteiger partial charge >= 0.3 is 0 Å². The highest BCUT2D eigenvalue weighted by Gasteiger charge is 2.41. The Morgan fingerprint density at radius 3 is 2.96 bits per heavy atom. The third-order valence-corrected chi connectivity index (χ3v) is 6.03. The van der Waals surface area contributed by atoms with Crippen molar-refractivity contribution in [2.45, 2.75) is 50.9 Å². The fraction of sp³-hybridized carbons (Fsp3) is 0.733. The highest BCUT2D eigenvalue weighted by molar-refractivity contribution is 7.88. The summed E-state index contributed by atoms with van der Waals surface area (Å²) < 4.78 is 32.4. The lowest BCUT2D eigenvalue weighted by Gasteiger charge is -2.21. The molecule has 0 bridgehead atoms. The number of sulfonamides is 1. The Bertz CT molecular complexity index is 715. The van der Waals surface area contributed by atoms with Crippen molar-refractivity contribution in [2.75, 3.05) is 19.9 Å². The molecule has 3 heterocycles. The summed E-state index contributed by atoms with van der Waals surface area (Å²) in [5, 5.41) is 2.86. The summed E-state index contributed by atoms with van der Waals surface area (Å²) in [4.78, 5) is 16.9. The maximum atomic E-state index is 12.5. The van der Waals surface area contributed by atoms with Gasteiger partial charge in [0.15, 0.2) is 0 Å². The number of hydrogen-bond donors (Lipinski definition) is 1. The van der Waals surface area contributed by atoms with Crippen LogP contribution in [-0.4, -0.2) is 60.2 Å². The molecule has 1 amide bonds. The van der Waals surface area contributed by atoms with E-state index in [1.807, 2.05) is 0 Å². The van der Waals surface area contributed by atoms with Crippen LogP contribution in [0.2, 0.25) is 0 Å². The second-order valence-corrected chi connectivity index (χ2v) is 8.37. The number of carbonyl (C=O) groups is 1. The van der Waals surface area contributed by atoms with Crippen LogP contribution >= 0.6 is 0 Å². The van der Waals surface area contributed by atoms with Crippen molar-refractivity contribution >= 4 is 15.9 Å². The van der Waals surface area contributed by atoms with Gasteiger partial charge in [0.25, 0.3) is 0 Å². The van der Waals surface area contributed by atoms with Gasteiger partial charge in [0, 0.05) is 33.0 Å². The summed E-state index contributed by atoms with van der Waals surface area (Å²) in [7, 11) is -1.92. The minimum atomic E-state index is -3.45. The molecule has 8 nitrogen and oxygen atoms in total. The van der Waals surface area contributed by atoms with Gasteiger partial charge in [-0.3, -0.25) is 4.79 Å². The number of rotatable bonds is 5. The van der Waals surface area contributed by atoms with Crippen molar-refractivity contribution in [1.29, 1.82) is 0 Å². The third kappa shape index (κ3) is 3.47. The van der Waals surface area contributed by atoms with E-state index in [1.165, 1.54) is 11.4 Å². The average Bonchev–Trinajstić information content (AvgIpc) is 3.16. The zero-order chi connectivity index (χ0) is 17.3. The molecule has 1 saturated heterocycles. The van der Waals surface area contributed by atoms with E-state index in [0.29, 0.717) is 13.0 Å². The van der Waals surface area contributed by atoms with Crippen molar-refractivity contribution in [3.63, 3.8) is 0 Å². The molecule has 0 saturated carbocycles. The first-order valence-corrected chi connectivity index (χ1v) is 10.1. The summed E-state index contributed by atoms with van der Waals surface area (Å²) in [5.41, 5.74) is 0.963. The number of hydrogen-bond acceptors (Lipinski definition) is 5. The first kappa shape index (κ1) is 17.4. The molecule has 1 N–H and O–H groups in total. The lowest BCUT2D eigenvalue weighted by Crippen LogP contribution is -2.45. The number of fused-ring (bicyclic) bond motifs is 1. The second-order valence-electron chi connectivity index (χ2n) is 6.43. The van der Waals surface area contributed by atoms with E-state index < -0.39 is 16.1 Å². The zero-order valence-corrected chi connectivity index (χ0v) is 14.9. The molecule has 134 valence electrons. The van der Waals surface area contributed by atoms with Crippen molar-refractivity contribution < 1.29 is 17.9 Å². The van der Waals surface area contributed by atoms with Crippen LogP contribution in [0.1, 0.15) is 30.8 Å². The van der Waals surface area contributed by atoms with Crippen LogP contribution in [0, 0.1) is 0 Å². The smallest absolute Gasteiger partial charge is 0.238 e. The van der Waals surface area contributed by atoms with Crippen molar-refractivity contribution in [1.82, 2.24) is 19.2 Å². The first-order valence-electron chi connectivity index (χ1n) is 8.20. The summed E-state index contributed by atoms with van der Waals surface area (Å²) >= 11 is 0. The largest absolute Gasteiger partial charge is 0.380 e. The second kappa shape index (κ2) is 6.81. The number of carbonyl (C=O) groups excluding carboxylic acids is 1. The van der Waals surface area contributed by atoms with Crippen molar-refractivity contribution in [2.24, 2.45) is 0 Å². The number of aromatic nitrogens is 2. The van der Waals surface area contributed by atoms with Crippen molar-refractivity contribution in [3.05, 3.63) is 17.7 Å². The summed E-state index contributed by atoms with van der Waals surface area (Å²) in [6.07, 6.45) is 6.27. The molecular weight excluding hydrogens is 332 g/mol. The Hall–Kier alpha value is -1.45. The highest BCUT2D eigenvalue weighted by Crippen LogP contribution is 2.23. The summed E-state index contributed by atoms with van der Waals surface area (Å²) in [6.45, 7) is 1.50. The summed E-state index contributed by atoms with van der Waals surface area (Å²) in [6, 6.07) is -0.714. The van der Waals surface area contributed by atoms with E-state index in [1.54, 1.807) is 6.20 Å². The molecule has 0 radical (unpaired) electrons. The van der Waals surface area contributed by atoms with E-state index in [9.17, 15) is 13.2 Å². The van der Waals surface area contributed by atoms with Crippen LogP contribution in [0.15, 0.2) is 6.20 Å². The van der Waals surface area contributed by atoms with Gasteiger partial charge in [0.05, 0.1) is 30.8 Å². The maximum Gasteiger partial charge on any atom is 0.238 e. The average molecular weight is 356 g/mol. The molecule has 1 fully saturated rings. The number of nitrogens with one attached hydrogen (secondary N) is 1. The number of amides is 1.